The summed E-state index contributed by atoms with van der Waals surface area (Å²) in [6, 6.07) is -0.985. The molecule has 1 unspecified atom stereocenters. The summed E-state index contributed by atoms with van der Waals surface area (Å²) in [4.78, 5) is 10.1. The van der Waals surface area contributed by atoms with E-state index in [1.807, 2.05) is 0 Å². The number of hydrogen-bond donors (Lipinski definition) is 3. The van der Waals surface area contributed by atoms with Gasteiger partial charge in [0.15, 0.2) is 6.16 Å². The summed E-state index contributed by atoms with van der Waals surface area (Å²) >= 11 is 0.239. The Labute approximate surface area is 68.7 Å². The van der Waals surface area contributed by atoms with Crippen molar-refractivity contribution < 1.29 is 19.0 Å². The third-order valence-electron chi connectivity index (χ3n) is 1.03. The largest absolute Gasteiger partial charge is 0.480 e. The number of carboxylic acid groups (broad SMARTS) is 1. The number of aliphatic carboxylic acids is 1. The molecule has 0 aromatic rings. The standard InChI is InChI=1S/C4H8NO4PS/c5-3(4(6)7)1-2-10(8)11-9/h3H,1-2,5H2,(H-,6,7,9)/p+1/t3-/m0/s1. The average Bonchev–Trinajstić information content (AvgIpc) is 1.99. The molecule has 0 aromatic heterocycles. The van der Waals surface area contributed by atoms with Crippen LogP contribution in [0.5, 0.6) is 0 Å². The third kappa shape index (κ3) is 5.15. The SMILES string of the molecule is N[C@@H](CC[P+](=O)SO)C(=O)O. The van der Waals surface area contributed by atoms with E-state index in [4.69, 9.17) is 15.4 Å². The van der Waals surface area contributed by atoms with Crippen LogP contribution in [-0.4, -0.2) is 27.8 Å². The molecular weight excluding hydrogens is 189 g/mol. The smallest absolute Gasteiger partial charge is 0.440 e. The lowest BCUT2D eigenvalue weighted by Gasteiger charge is -1.98. The van der Waals surface area contributed by atoms with E-state index < -0.39 is 19.0 Å². The first kappa shape index (κ1) is 10.8. The fourth-order valence-electron chi connectivity index (χ4n) is 0.409. The van der Waals surface area contributed by atoms with Crippen molar-refractivity contribution >= 4 is 24.6 Å². The zero-order chi connectivity index (χ0) is 8.85. The molecule has 7 heteroatoms. The van der Waals surface area contributed by atoms with Crippen molar-refractivity contribution in [2.75, 3.05) is 6.16 Å². The Morgan fingerprint density at radius 3 is 2.64 bits per heavy atom. The monoisotopic (exact) mass is 198 g/mol. The molecule has 64 valence electrons. The summed E-state index contributed by atoms with van der Waals surface area (Å²) < 4.78 is 18.8. The van der Waals surface area contributed by atoms with Gasteiger partial charge >= 0.3 is 13.0 Å². The Kier molecular flexibility index (Phi) is 5.41. The lowest BCUT2D eigenvalue weighted by molar-refractivity contribution is -0.138. The molecule has 11 heavy (non-hydrogen) atoms. The fourth-order valence-corrected chi connectivity index (χ4v) is 1.54. The predicted molar refractivity (Wildman–Crippen MR) is 42.9 cm³/mol. The quantitative estimate of drug-likeness (QED) is 0.445. The lowest BCUT2D eigenvalue weighted by atomic mass is 10.2. The third-order valence-corrected chi connectivity index (χ3v) is 2.93. The van der Waals surface area contributed by atoms with Gasteiger partial charge in [0.1, 0.15) is 6.04 Å². The molecule has 5 nitrogen and oxygen atoms in total. The summed E-state index contributed by atoms with van der Waals surface area (Å²) in [6.45, 7) is 0. The van der Waals surface area contributed by atoms with Gasteiger partial charge in [-0.3, -0.25) is 9.35 Å². The van der Waals surface area contributed by atoms with Gasteiger partial charge in [-0.15, -0.1) is 0 Å². The molecule has 0 bridgehead atoms. The van der Waals surface area contributed by atoms with Gasteiger partial charge in [0.05, 0.1) is 0 Å². The maximum absolute atomic E-state index is 10.6. The molecule has 0 saturated heterocycles. The van der Waals surface area contributed by atoms with Gasteiger partial charge in [0.2, 0.25) is 0 Å². The van der Waals surface area contributed by atoms with Crippen LogP contribution in [0.15, 0.2) is 0 Å². The number of carbonyl (C=O) groups is 1. The second-order valence-electron chi connectivity index (χ2n) is 1.87. The fraction of sp³-hybridized carbons (Fsp3) is 0.750. The van der Waals surface area contributed by atoms with Crippen LogP contribution in [0.1, 0.15) is 6.42 Å². The first-order chi connectivity index (χ1) is 5.07. The molecular formula is C4H9NO4PS+. The maximum atomic E-state index is 10.6. The second kappa shape index (κ2) is 5.49. The van der Waals surface area contributed by atoms with E-state index in [-0.39, 0.29) is 24.2 Å². The molecule has 0 aliphatic heterocycles. The van der Waals surface area contributed by atoms with Crippen LogP contribution in [0.4, 0.5) is 0 Å². The summed E-state index contributed by atoms with van der Waals surface area (Å²) in [5.41, 5.74) is 5.10. The Bertz CT molecular complexity index is 164. The topological polar surface area (TPSA) is 101 Å². The van der Waals surface area contributed by atoms with Crippen molar-refractivity contribution in [2.24, 2.45) is 5.73 Å². The van der Waals surface area contributed by atoms with Gasteiger partial charge in [-0.05, 0) is 0 Å². The highest BCUT2D eigenvalue weighted by molar-refractivity contribution is 8.48. The summed E-state index contributed by atoms with van der Waals surface area (Å²) in [5.74, 6) is -1.11. The van der Waals surface area contributed by atoms with Gasteiger partial charge in [0.25, 0.3) is 11.7 Å². The van der Waals surface area contributed by atoms with E-state index in [9.17, 15) is 9.36 Å². The molecule has 0 spiro atoms. The van der Waals surface area contributed by atoms with E-state index >= 15 is 0 Å². The predicted octanol–water partition coefficient (Wildman–Crippen LogP) is 0.737. The van der Waals surface area contributed by atoms with Gasteiger partial charge in [-0.25, -0.2) is 0 Å². The minimum atomic E-state index is -1.76. The number of nitrogens with two attached hydrogens (primary N) is 1. The van der Waals surface area contributed by atoms with Gasteiger partial charge in [0, 0.05) is 6.42 Å². The first-order valence-corrected chi connectivity index (χ1v) is 5.65. The van der Waals surface area contributed by atoms with Crippen molar-refractivity contribution in [1.82, 2.24) is 0 Å². The number of hydrogen-bond acceptors (Lipinski definition) is 5. The van der Waals surface area contributed by atoms with Crippen molar-refractivity contribution in [3.05, 3.63) is 0 Å². The minimum Gasteiger partial charge on any atom is -0.480 e. The second-order valence-corrected chi connectivity index (χ2v) is 4.86. The molecule has 0 radical (unpaired) electrons. The van der Waals surface area contributed by atoms with E-state index in [0.717, 1.165) is 0 Å². The molecule has 0 heterocycles. The van der Waals surface area contributed by atoms with Gasteiger partial charge in [-0.1, -0.05) is 4.57 Å². The van der Waals surface area contributed by atoms with Crippen molar-refractivity contribution in [2.45, 2.75) is 12.5 Å². The molecule has 0 rings (SSSR count). The van der Waals surface area contributed by atoms with Crippen LogP contribution in [0.3, 0.4) is 0 Å². The zero-order valence-electron chi connectivity index (χ0n) is 5.64. The van der Waals surface area contributed by atoms with E-state index in [1.54, 1.807) is 0 Å². The highest BCUT2D eigenvalue weighted by Gasteiger charge is 2.21. The summed E-state index contributed by atoms with van der Waals surface area (Å²) in [5, 5.41) is 8.28. The molecule has 0 aliphatic rings. The maximum Gasteiger partial charge on any atom is 0.440 e. The molecule has 0 aliphatic carbocycles. The van der Waals surface area contributed by atoms with Crippen LogP contribution in [-0.2, 0) is 9.36 Å². The molecule has 0 saturated carbocycles. The summed E-state index contributed by atoms with van der Waals surface area (Å²) in [7, 11) is -1.76. The number of carboxylic acids is 1. The Morgan fingerprint density at radius 2 is 2.27 bits per heavy atom. The van der Waals surface area contributed by atoms with Crippen LogP contribution in [0.2, 0.25) is 0 Å². The number of rotatable bonds is 5. The molecule has 0 amide bonds. The van der Waals surface area contributed by atoms with Crippen molar-refractivity contribution in [3.63, 3.8) is 0 Å². The Morgan fingerprint density at radius 1 is 1.73 bits per heavy atom. The zero-order valence-corrected chi connectivity index (χ0v) is 7.35. The van der Waals surface area contributed by atoms with E-state index in [2.05, 4.69) is 0 Å². The van der Waals surface area contributed by atoms with Crippen LogP contribution in [0.25, 0.3) is 0 Å². The average molecular weight is 198 g/mol. The van der Waals surface area contributed by atoms with E-state index in [0.29, 0.717) is 0 Å². The molecule has 2 atom stereocenters. The molecule has 0 fully saturated rings. The first-order valence-electron chi connectivity index (χ1n) is 2.82. The lowest BCUT2D eigenvalue weighted by Crippen LogP contribution is -2.30. The molecule has 0 aromatic carbocycles. The minimum absolute atomic E-state index is 0.123. The Hall–Kier alpha value is -0.160. The summed E-state index contributed by atoms with van der Waals surface area (Å²) in [6.07, 6.45) is 0.252. The van der Waals surface area contributed by atoms with Gasteiger partial charge in [-0.2, -0.15) is 0 Å². The molecule has 4 N–H and O–H groups in total. The van der Waals surface area contributed by atoms with Crippen molar-refractivity contribution in [3.8, 4) is 0 Å². The Balaban J connectivity index is 3.54. The van der Waals surface area contributed by atoms with Gasteiger partial charge < -0.3 is 10.8 Å². The van der Waals surface area contributed by atoms with Crippen molar-refractivity contribution in [1.29, 1.82) is 0 Å². The highest BCUT2D eigenvalue weighted by atomic mass is 32.7. The van der Waals surface area contributed by atoms with E-state index in [1.165, 1.54) is 0 Å². The van der Waals surface area contributed by atoms with Crippen LogP contribution in [0, 0.1) is 0 Å². The van der Waals surface area contributed by atoms with Crippen LogP contribution >= 0.6 is 18.7 Å². The highest BCUT2D eigenvalue weighted by Crippen LogP contribution is 2.35. The van der Waals surface area contributed by atoms with Crippen LogP contribution < -0.4 is 5.73 Å². The normalized spacial score (nSPS) is 14.2.